The van der Waals surface area contributed by atoms with E-state index in [0.29, 0.717) is 6.61 Å². The lowest BCUT2D eigenvalue weighted by Crippen LogP contribution is -2.59. The Bertz CT molecular complexity index is 1280. The van der Waals surface area contributed by atoms with Gasteiger partial charge in [-0.15, -0.1) is 0 Å². The zero-order valence-corrected chi connectivity index (χ0v) is 41.9. The third-order valence-electron chi connectivity index (χ3n) is 11.8. The Morgan fingerprint density at radius 3 is 1.39 bits per heavy atom. The first-order chi connectivity index (χ1) is 32.4. The van der Waals surface area contributed by atoms with E-state index in [1.165, 1.54) is 103 Å². The number of allylic oxidation sites excluding steroid dienone is 14. The van der Waals surface area contributed by atoms with Gasteiger partial charge < -0.3 is 39.4 Å². The highest BCUT2D eigenvalue weighted by molar-refractivity contribution is 5.69. The van der Waals surface area contributed by atoms with Gasteiger partial charge in [-0.3, -0.25) is 4.79 Å². The van der Waals surface area contributed by atoms with Crippen molar-refractivity contribution < 1.29 is 44.2 Å². The van der Waals surface area contributed by atoms with Gasteiger partial charge >= 0.3 is 5.97 Å². The Morgan fingerprint density at radius 1 is 0.500 bits per heavy atom. The van der Waals surface area contributed by atoms with E-state index in [4.69, 9.17) is 18.9 Å². The Hall–Kier alpha value is -2.63. The minimum atomic E-state index is -1.55. The monoisotopic (exact) mass is 927 g/mol. The number of hydrogen-bond acceptors (Lipinski definition) is 9. The lowest BCUT2D eigenvalue weighted by molar-refractivity contribution is -0.305. The molecule has 380 valence electrons. The molecule has 1 fully saturated rings. The number of carbonyl (C=O) groups is 1. The first-order valence-corrected chi connectivity index (χ1v) is 26.7. The number of rotatable bonds is 45. The number of aliphatic hydroxyl groups is 4. The molecule has 1 aliphatic heterocycles. The van der Waals surface area contributed by atoms with Crippen molar-refractivity contribution >= 4 is 5.97 Å². The molecule has 1 heterocycles. The second-order valence-electron chi connectivity index (χ2n) is 17.9. The molecule has 66 heavy (non-hydrogen) atoms. The van der Waals surface area contributed by atoms with Crippen molar-refractivity contribution in [3.05, 3.63) is 85.1 Å². The fourth-order valence-corrected chi connectivity index (χ4v) is 7.67. The fourth-order valence-electron chi connectivity index (χ4n) is 7.67. The van der Waals surface area contributed by atoms with Crippen LogP contribution in [0.15, 0.2) is 85.1 Å². The summed E-state index contributed by atoms with van der Waals surface area (Å²) in [5, 5.41) is 40.3. The summed E-state index contributed by atoms with van der Waals surface area (Å²) >= 11 is 0. The number of esters is 1. The summed E-state index contributed by atoms with van der Waals surface area (Å²) in [5.74, 6) is -0.339. The SMILES string of the molecule is CC/C=C\C/C=C\C/C=C\C/C=C\CCCCCCC(=O)OC(COCCCCCCCCCCCCC/C=C\C/C=C\C/C=C\CCCCCCC)COC1OC(CO)C(O)C(O)C1O. The summed E-state index contributed by atoms with van der Waals surface area (Å²) in [6.45, 7) is 4.40. The Labute approximate surface area is 403 Å². The average molecular weight is 927 g/mol. The normalized spacial score (nSPS) is 20.0. The van der Waals surface area contributed by atoms with Gasteiger partial charge in [0, 0.05) is 13.0 Å². The van der Waals surface area contributed by atoms with E-state index in [1.807, 2.05) is 0 Å². The number of aliphatic hydroxyl groups excluding tert-OH is 4. The lowest BCUT2D eigenvalue weighted by Gasteiger charge is -2.39. The van der Waals surface area contributed by atoms with E-state index in [1.54, 1.807) is 0 Å². The van der Waals surface area contributed by atoms with Crippen LogP contribution in [0.5, 0.6) is 0 Å². The van der Waals surface area contributed by atoms with E-state index >= 15 is 0 Å². The van der Waals surface area contributed by atoms with Crippen molar-refractivity contribution in [2.75, 3.05) is 26.4 Å². The molecule has 1 aliphatic rings. The topological polar surface area (TPSA) is 135 Å². The highest BCUT2D eigenvalue weighted by Gasteiger charge is 2.44. The van der Waals surface area contributed by atoms with Gasteiger partial charge in [0.15, 0.2) is 6.29 Å². The molecule has 6 unspecified atom stereocenters. The van der Waals surface area contributed by atoms with Crippen LogP contribution in [-0.4, -0.2) is 89.6 Å². The van der Waals surface area contributed by atoms with Gasteiger partial charge in [-0.05, 0) is 89.9 Å². The maximum absolute atomic E-state index is 12.8. The molecule has 0 radical (unpaired) electrons. The summed E-state index contributed by atoms with van der Waals surface area (Å²) in [6, 6.07) is 0. The number of hydrogen-bond donors (Lipinski definition) is 4. The van der Waals surface area contributed by atoms with Gasteiger partial charge in [-0.25, -0.2) is 0 Å². The third kappa shape index (κ3) is 37.4. The van der Waals surface area contributed by atoms with Crippen LogP contribution in [0.4, 0.5) is 0 Å². The highest BCUT2D eigenvalue weighted by atomic mass is 16.7. The van der Waals surface area contributed by atoms with Crippen molar-refractivity contribution in [2.45, 2.75) is 243 Å². The Balaban J connectivity index is 2.19. The average Bonchev–Trinajstić information content (AvgIpc) is 3.32. The first kappa shape index (κ1) is 61.4. The van der Waals surface area contributed by atoms with Crippen LogP contribution in [0.2, 0.25) is 0 Å². The third-order valence-corrected chi connectivity index (χ3v) is 11.8. The molecular formula is C57H98O9. The zero-order chi connectivity index (χ0) is 47.8. The van der Waals surface area contributed by atoms with Crippen LogP contribution >= 0.6 is 0 Å². The van der Waals surface area contributed by atoms with Gasteiger partial charge in [0.1, 0.15) is 30.5 Å². The molecular weight excluding hydrogens is 829 g/mol. The molecule has 1 rings (SSSR count). The molecule has 0 bridgehead atoms. The van der Waals surface area contributed by atoms with E-state index in [-0.39, 0.29) is 25.6 Å². The molecule has 4 N–H and O–H groups in total. The second kappa shape index (κ2) is 47.4. The molecule has 0 aliphatic carbocycles. The number of ether oxygens (including phenoxy) is 4. The van der Waals surface area contributed by atoms with Crippen LogP contribution in [0, 0.1) is 0 Å². The summed E-state index contributed by atoms with van der Waals surface area (Å²) in [6.07, 6.45) is 57.6. The molecule has 0 aromatic carbocycles. The van der Waals surface area contributed by atoms with Gasteiger partial charge in [0.25, 0.3) is 0 Å². The van der Waals surface area contributed by atoms with Crippen molar-refractivity contribution in [1.82, 2.24) is 0 Å². The molecule has 0 aromatic heterocycles. The summed E-state index contributed by atoms with van der Waals surface area (Å²) in [5.41, 5.74) is 0. The van der Waals surface area contributed by atoms with Crippen LogP contribution in [0.1, 0.15) is 206 Å². The maximum Gasteiger partial charge on any atom is 0.306 e. The summed E-state index contributed by atoms with van der Waals surface area (Å²) in [7, 11) is 0. The van der Waals surface area contributed by atoms with Gasteiger partial charge in [0.2, 0.25) is 0 Å². The Kier molecular flexibility index (Phi) is 44.1. The van der Waals surface area contributed by atoms with Crippen LogP contribution in [0.25, 0.3) is 0 Å². The largest absolute Gasteiger partial charge is 0.457 e. The lowest BCUT2D eigenvalue weighted by atomic mass is 9.99. The minimum Gasteiger partial charge on any atom is -0.457 e. The second-order valence-corrected chi connectivity index (χ2v) is 17.9. The van der Waals surface area contributed by atoms with E-state index < -0.39 is 43.4 Å². The predicted molar refractivity (Wildman–Crippen MR) is 274 cm³/mol. The smallest absolute Gasteiger partial charge is 0.306 e. The van der Waals surface area contributed by atoms with Gasteiger partial charge in [-0.2, -0.15) is 0 Å². The van der Waals surface area contributed by atoms with Crippen molar-refractivity contribution in [3.63, 3.8) is 0 Å². The molecule has 0 spiro atoms. The number of unbranched alkanes of at least 4 members (excludes halogenated alkanes) is 20. The molecule has 9 nitrogen and oxygen atoms in total. The van der Waals surface area contributed by atoms with Crippen molar-refractivity contribution in [1.29, 1.82) is 0 Å². The summed E-state index contributed by atoms with van der Waals surface area (Å²) < 4.78 is 22.9. The van der Waals surface area contributed by atoms with Gasteiger partial charge in [0.05, 0.1) is 19.8 Å². The first-order valence-electron chi connectivity index (χ1n) is 26.7. The van der Waals surface area contributed by atoms with Crippen LogP contribution < -0.4 is 0 Å². The standard InChI is InChI=1S/C57H98O9/c1-3-5-7-9-11-13-15-17-19-21-22-23-24-25-26-27-28-29-31-33-35-37-39-41-43-45-47-63-49-51(50-64-57-56(62)55(61)54(60)52(48-58)66-57)65-53(59)46-44-42-40-38-36-34-32-30-20-18-16-14-12-10-8-6-4-2/h6,8,12,14-15,17-18,20-22,24-25,32,34,51-52,54-58,60-62H,3-5,7,9-11,13,16,19,23,26-31,33,35-50H2,1-2H3/b8-6-,14-12-,17-15-,20-18-,22-21-,25-24-,34-32-. The highest BCUT2D eigenvalue weighted by Crippen LogP contribution is 2.23. The van der Waals surface area contributed by atoms with Crippen LogP contribution in [0.3, 0.4) is 0 Å². The van der Waals surface area contributed by atoms with E-state index in [0.717, 1.165) is 83.5 Å². The molecule has 0 aromatic rings. The molecule has 0 saturated carbocycles. The molecule has 1 saturated heterocycles. The van der Waals surface area contributed by atoms with E-state index in [2.05, 4.69) is 98.9 Å². The van der Waals surface area contributed by atoms with Crippen molar-refractivity contribution in [2.24, 2.45) is 0 Å². The zero-order valence-electron chi connectivity index (χ0n) is 41.9. The minimum absolute atomic E-state index is 0.128. The maximum atomic E-state index is 12.8. The molecule has 9 heteroatoms. The summed E-state index contributed by atoms with van der Waals surface area (Å²) in [4.78, 5) is 12.8. The van der Waals surface area contributed by atoms with Crippen molar-refractivity contribution in [3.8, 4) is 0 Å². The van der Waals surface area contributed by atoms with Crippen LogP contribution in [-0.2, 0) is 23.7 Å². The molecule has 6 atom stereocenters. The quantitative estimate of drug-likeness (QED) is 0.0267. The predicted octanol–water partition coefficient (Wildman–Crippen LogP) is 13.4. The fraction of sp³-hybridized carbons (Fsp3) is 0.737. The number of carbonyl (C=O) groups excluding carboxylic acids is 1. The Morgan fingerprint density at radius 2 is 0.924 bits per heavy atom. The van der Waals surface area contributed by atoms with E-state index in [9.17, 15) is 25.2 Å². The van der Waals surface area contributed by atoms with Gasteiger partial charge in [-0.1, -0.05) is 195 Å². The molecule has 0 amide bonds.